The van der Waals surface area contributed by atoms with Gasteiger partial charge < -0.3 is 14.6 Å². The van der Waals surface area contributed by atoms with Crippen LogP contribution in [0.15, 0.2) is 53.7 Å². The maximum absolute atomic E-state index is 13.0. The van der Waals surface area contributed by atoms with Gasteiger partial charge in [-0.3, -0.25) is 9.59 Å². The standard InChI is InChI=1S/C22H21F2N3O3S/c23-21(24)31-22-25-17-3-1-2-4-18(17)27(22)13-19(29)26-11-9-15(10-12-26)20(30)14-5-7-16(28)8-6-14/h1-8,15,21,28H,9-13H2. The van der Waals surface area contributed by atoms with E-state index in [1.165, 1.54) is 16.7 Å². The number of amides is 1. The van der Waals surface area contributed by atoms with E-state index in [0.717, 1.165) is 0 Å². The Hall–Kier alpha value is -2.94. The molecule has 0 atom stereocenters. The second-order valence-corrected chi connectivity index (χ2v) is 8.37. The number of nitrogens with zero attached hydrogens (tertiary/aromatic N) is 3. The van der Waals surface area contributed by atoms with E-state index < -0.39 is 5.76 Å². The molecule has 0 saturated carbocycles. The smallest absolute Gasteiger partial charge is 0.291 e. The van der Waals surface area contributed by atoms with E-state index in [0.29, 0.717) is 54.3 Å². The number of carbonyl (C=O) groups excluding carboxylic acids is 2. The summed E-state index contributed by atoms with van der Waals surface area (Å²) in [6.45, 7) is 0.778. The van der Waals surface area contributed by atoms with Crippen molar-refractivity contribution in [2.75, 3.05) is 13.1 Å². The van der Waals surface area contributed by atoms with Crippen LogP contribution >= 0.6 is 11.8 Å². The van der Waals surface area contributed by atoms with Crippen LogP contribution in [-0.2, 0) is 11.3 Å². The Morgan fingerprint density at radius 1 is 1.10 bits per heavy atom. The number of thioether (sulfide) groups is 1. The average molecular weight is 445 g/mol. The number of ketones is 1. The van der Waals surface area contributed by atoms with Crippen LogP contribution in [-0.4, -0.2) is 50.1 Å². The van der Waals surface area contributed by atoms with E-state index >= 15 is 0 Å². The van der Waals surface area contributed by atoms with Crippen molar-refractivity contribution in [1.82, 2.24) is 14.5 Å². The van der Waals surface area contributed by atoms with Crippen LogP contribution in [0.5, 0.6) is 5.75 Å². The number of benzene rings is 2. The Morgan fingerprint density at radius 3 is 2.45 bits per heavy atom. The maximum atomic E-state index is 13.0. The number of phenolic OH excluding ortho intramolecular Hbond substituents is 1. The summed E-state index contributed by atoms with van der Waals surface area (Å²) in [5.41, 5.74) is 1.74. The Kier molecular flexibility index (Phi) is 6.22. The highest BCUT2D eigenvalue weighted by Gasteiger charge is 2.29. The van der Waals surface area contributed by atoms with Crippen molar-refractivity contribution in [3.63, 3.8) is 0 Å². The molecule has 1 N–H and O–H groups in total. The fourth-order valence-corrected chi connectivity index (χ4v) is 4.46. The van der Waals surface area contributed by atoms with Gasteiger partial charge in [-0.25, -0.2) is 4.98 Å². The number of alkyl halides is 2. The summed E-state index contributed by atoms with van der Waals surface area (Å²) in [7, 11) is 0. The predicted molar refractivity (Wildman–Crippen MR) is 113 cm³/mol. The van der Waals surface area contributed by atoms with Crippen LogP contribution in [0.25, 0.3) is 11.0 Å². The lowest BCUT2D eigenvalue weighted by Crippen LogP contribution is -2.41. The number of fused-ring (bicyclic) bond motifs is 1. The highest BCUT2D eigenvalue weighted by molar-refractivity contribution is 7.99. The zero-order valence-electron chi connectivity index (χ0n) is 16.6. The van der Waals surface area contributed by atoms with Gasteiger partial charge in [0.2, 0.25) is 5.91 Å². The second-order valence-electron chi connectivity index (χ2n) is 7.41. The Balaban J connectivity index is 1.43. The average Bonchev–Trinajstić information content (AvgIpc) is 3.10. The first-order valence-corrected chi connectivity index (χ1v) is 10.8. The maximum Gasteiger partial charge on any atom is 0.291 e. The van der Waals surface area contributed by atoms with Crippen molar-refractivity contribution in [3.8, 4) is 5.75 Å². The lowest BCUT2D eigenvalue weighted by atomic mass is 9.89. The molecule has 1 amide bonds. The number of Topliss-reactive ketones (excluding diaryl/α,β-unsaturated/α-hetero) is 1. The highest BCUT2D eigenvalue weighted by atomic mass is 32.2. The number of carbonyl (C=O) groups is 2. The number of rotatable bonds is 6. The Labute approximate surface area is 181 Å². The minimum Gasteiger partial charge on any atom is -0.508 e. The van der Waals surface area contributed by atoms with Gasteiger partial charge in [-0.05, 0) is 61.0 Å². The molecule has 9 heteroatoms. The third-order valence-electron chi connectivity index (χ3n) is 5.48. The summed E-state index contributed by atoms with van der Waals surface area (Å²) >= 11 is 0.328. The Morgan fingerprint density at radius 2 is 1.77 bits per heavy atom. The van der Waals surface area contributed by atoms with Crippen LogP contribution < -0.4 is 0 Å². The van der Waals surface area contributed by atoms with Gasteiger partial charge in [-0.15, -0.1) is 0 Å². The molecular weight excluding hydrogens is 424 g/mol. The van der Waals surface area contributed by atoms with Gasteiger partial charge >= 0.3 is 0 Å². The minimum absolute atomic E-state index is 0.00308. The molecule has 0 unspecified atom stereocenters. The highest BCUT2D eigenvalue weighted by Crippen LogP contribution is 2.29. The third-order valence-corrected chi connectivity index (χ3v) is 6.18. The van der Waals surface area contributed by atoms with Gasteiger partial charge in [-0.2, -0.15) is 8.78 Å². The van der Waals surface area contributed by atoms with E-state index in [1.807, 2.05) is 0 Å². The van der Waals surface area contributed by atoms with Crippen molar-refractivity contribution in [3.05, 3.63) is 54.1 Å². The normalized spacial score (nSPS) is 15.0. The quantitative estimate of drug-likeness (QED) is 0.455. The van der Waals surface area contributed by atoms with Gasteiger partial charge in [0.05, 0.1) is 11.0 Å². The van der Waals surface area contributed by atoms with Gasteiger partial charge in [0.1, 0.15) is 12.3 Å². The van der Waals surface area contributed by atoms with Gasteiger partial charge in [0.15, 0.2) is 10.9 Å². The van der Waals surface area contributed by atoms with Crippen molar-refractivity contribution in [2.24, 2.45) is 5.92 Å². The number of hydrogen-bond donors (Lipinski definition) is 1. The molecular formula is C22H21F2N3O3S. The zero-order valence-corrected chi connectivity index (χ0v) is 17.4. The molecule has 6 nitrogen and oxygen atoms in total. The first-order chi connectivity index (χ1) is 14.9. The monoisotopic (exact) mass is 445 g/mol. The van der Waals surface area contributed by atoms with Crippen molar-refractivity contribution in [2.45, 2.75) is 30.3 Å². The van der Waals surface area contributed by atoms with Crippen molar-refractivity contribution >= 4 is 34.5 Å². The third kappa shape index (κ3) is 4.71. The van der Waals surface area contributed by atoms with Crippen molar-refractivity contribution in [1.29, 1.82) is 0 Å². The summed E-state index contributed by atoms with van der Waals surface area (Å²) in [5, 5.41) is 9.49. The molecule has 0 bridgehead atoms. The molecule has 2 aromatic carbocycles. The lowest BCUT2D eigenvalue weighted by Gasteiger charge is -2.31. The number of aromatic hydroxyl groups is 1. The molecule has 2 heterocycles. The first-order valence-electron chi connectivity index (χ1n) is 9.93. The van der Waals surface area contributed by atoms with Crippen LogP contribution in [0.2, 0.25) is 0 Å². The first kappa shape index (κ1) is 21.3. The molecule has 0 spiro atoms. The van der Waals surface area contributed by atoms with Gasteiger partial charge in [0.25, 0.3) is 5.76 Å². The number of piperidine rings is 1. The number of aromatic nitrogens is 2. The fraction of sp³-hybridized carbons (Fsp3) is 0.318. The topological polar surface area (TPSA) is 75.4 Å². The summed E-state index contributed by atoms with van der Waals surface area (Å²) in [4.78, 5) is 31.5. The van der Waals surface area contributed by atoms with E-state index in [9.17, 15) is 23.5 Å². The summed E-state index contributed by atoms with van der Waals surface area (Å²) in [5.74, 6) is -2.90. The van der Waals surface area contributed by atoms with E-state index in [2.05, 4.69) is 4.98 Å². The number of hydrogen-bond acceptors (Lipinski definition) is 5. The predicted octanol–water partition coefficient (Wildman–Crippen LogP) is 4.18. The molecule has 1 aromatic heterocycles. The van der Waals surface area contributed by atoms with Crippen molar-refractivity contribution < 1.29 is 23.5 Å². The van der Waals surface area contributed by atoms with Gasteiger partial charge in [0, 0.05) is 24.6 Å². The molecule has 31 heavy (non-hydrogen) atoms. The minimum atomic E-state index is -2.63. The molecule has 1 saturated heterocycles. The summed E-state index contributed by atoms with van der Waals surface area (Å²) in [6, 6.07) is 13.2. The lowest BCUT2D eigenvalue weighted by molar-refractivity contribution is -0.133. The molecule has 1 fully saturated rings. The molecule has 162 valence electrons. The zero-order chi connectivity index (χ0) is 22.0. The van der Waals surface area contributed by atoms with E-state index in [4.69, 9.17) is 0 Å². The Bertz CT molecular complexity index is 1090. The number of likely N-dealkylation sites (tertiary alicyclic amines) is 1. The number of phenols is 1. The van der Waals surface area contributed by atoms with E-state index in [1.54, 1.807) is 41.3 Å². The second kappa shape index (κ2) is 9.05. The number of imidazole rings is 1. The van der Waals surface area contributed by atoms with E-state index in [-0.39, 0.29) is 35.1 Å². The molecule has 0 aliphatic carbocycles. The number of para-hydroxylation sites is 2. The fourth-order valence-electron chi connectivity index (χ4n) is 3.86. The summed E-state index contributed by atoms with van der Waals surface area (Å²) in [6.07, 6.45) is 1.07. The molecule has 0 radical (unpaired) electrons. The molecule has 3 aromatic rings. The largest absolute Gasteiger partial charge is 0.508 e. The van der Waals surface area contributed by atoms with Gasteiger partial charge in [-0.1, -0.05) is 12.1 Å². The molecule has 1 aliphatic rings. The van der Waals surface area contributed by atoms with Crippen LogP contribution in [0, 0.1) is 5.92 Å². The molecule has 4 rings (SSSR count). The number of halogens is 2. The summed E-state index contributed by atoms with van der Waals surface area (Å²) < 4.78 is 27.5. The van der Waals surface area contributed by atoms with Crippen LogP contribution in [0.1, 0.15) is 23.2 Å². The van der Waals surface area contributed by atoms with Crippen LogP contribution in [0.4, 0.5) is 8.78 Å². The SMILES string of the molecule is O=C(c1ccc(O)cc1)C1CCN(C(=O)Cn2c(SC(F)F)nc3ccccc32)CC1. The van der Waals surface area contributed by atoms with Crippen LogP contribution in [0.3, 0.4) is 0 Å². The molecule has 1 aliphatic heterocycles.